The molecular weight excluding hydrogens is 500 g/mol. The third-order valence-electron chi connectivity index (χ3n) is 9.76. The molecular formula is C38H35N2O+. The standard InChI is InChI=1S/C38H35N2O/c1-4-33-29-14-8-7-13-28(29)30-17-16-26-21-36-32(37-23(2)10-9-15-35(37)41-36)22-31(26)38-27-12-6-5-11-25(27)18-19-40(38)24(3)20-34(30)39-33/h4,7-10,13-15,18-19,21-22,30,34H,1,3,5-6,11-12,16-17,20H2,2H3/q+1. The lowest BCUT2D eigenvalue weighted by molar-refractivity contribution is -0.572. The van der Waals surface area contributed by atoms with E-state index in [0.717, 1.165) is 54.7 Å². The normalized spacial score (nSPS) is 19.9. The molecule has 3 nitrogen and oxygen atoms in total. The van der Waals surface area contributed by atoms with E-state index in [1.54, 1.807) is 0 Å². The molecule has 0 amide bonds. The number of hydrogen-bond acceptors (Lipinski definition) is 2. The van der Waals surface area contributed by atoms with Gasteiger partial charge in [-0.3, -0.25) is 4.99 Å². The van der Waals surface area contributed by atoms with Gasteiger partial charge in [0.05, 0.1) is 23.7 Å². The third-order valence-corrected chi connectivity index (χ3v) is 9.76. The van der Waals surface area contributed by atoms with Gasteiger partial charge >= 0.3 is 0 Å². The Hall–Kier alpha value is -4.24. The molecule has 8 rings (SSSR count). The number of pyridine rings is 1. The summed E-state index contributed by atoms with van der Waals surface area (Å²) in [7, 11) is 0. The van der Waals surface area contributed by atoms with E-state index in [1.807, 2.05) is 6.08 Å². The molecule has 202 valence electrons. The number of fused-ring (bicyclic) bond motifs is 11. The summed E-state index contributed by atoms with van der Waals surface area (Å²) in [5, 5.41) is 2.44. The van der Waals surface area contributed by atoms with Gasteiger partial charge in [0.25, 0.3) is 0 Å². The van der Waals surface area contributed by atoms with Crippen LogP contribution in [0.25, 0.3) is 38.9 Å². The highest BCUT2D eigenvalue weighted by Gasteiger charge is 2.36. The zero-order chi connectivity index (χ0) is 27.7. The van der Waals surface area contributed by atoms with Crippen LogP contribution in [0.15, 0.2) is 95.5 Å². The molecule has 1 aliphatic carbocycles. The fourth-order valence-corrected chi connectivity index (χ4v) is 7.79. The van der Waals surface area contributed by atoms with Crippen molar-refractivity contribution in [3.63, 3.8) is 0 Å². The monoisotopic (exact) mass is 535 g/mol. The molecule has 4 heterocycles. The zero-order valence-electron chi connectivity index (χ0n) is 23.7. The molecule has 0 spiro atoms. The number of hydrogen-bond donors (Lipinski definition) is 0. The number of aryl methyl sites for hydroxylation is 3. The molecule has 5 aromatic rings. The van der Waals surface area contributed by atoms with E-state index in [9.17, 15) is 0 Å². The highest BCUT2D eigenvalue weighted by atomic mass is 16.3. The minimum atomic E-state index is 0.126. The van der Waals surface area contributed by atoms with Crippen LogP contribution >= 0.6 is 0 Å². The summed E-state index contributed by atoms with van der Waals surface area (Å²) < 4.78 is 8.88. The molecule has 0 radical (unpaired) electrons. The first-order valence-corrected chi connectivity index (χ1v) is 15.1. The van der Waals surface area contributed by atoms with E-state index in [4.69, 9.17) is 16.0 Å². The van der Waals surface area contributed by atoms with Crippen LogP contribution in [0.3, 0.4) is 0 Å². The Kier molecular flexibility index (Phi) is 5.63. The van der Waals surface area contributed by atoms with Crippen molar-refractivity contribution in [1.29, 1.82) is 0 Å². The molecule has 0 saturated carbocycles. The second kappa shape index (κ2) is 9.41. The molecule has 2 unspecified atom stereocenters. The first-order chi connectivity index (χ1) is 20.1. The van der Waals surface area contributed by atoms with Crippen molar-refractivity contribution in [2.45, 2.75) is 63.8 Å². The van der Waals surface area contributed by atoms with Gasteiger partial charge in [0.1, 0.15) is 11.2 Å². The second-order valence-electron chi connectivity index (χ2n) is 12.1. The van der Waals surface area contributed by atoms with E-state index < -0.39 is 0 Å². The Balaban J connectivity index is 1.40. The average molecular weight is 536 g/mol. The van der Waals surface area contributed by atoms with E-state index in [-0.39, 0.29) is 6.04 Å². The summed E-state index contributed by atoms with van der Waals surface area (Å²) in [5.41, 5.74) is 14.9. The number of allylic oxidation sites excluding steroid dienone is 1. The lowest BCUT2D eigenvalue weighted by Gasteiger charge is -2.32. The van der Waals surface area contributed by atoms with Gasteiger partial charge in [-0.15, -0.1) is 0 Å². The van der Waals surface area contributed by atoms with Crippen molar-refractivity contribution < 1.29 is 8.98 Å². The van der Waals surface area contributed by atoms with Gasteiger partial charge in [-0.25, -0.2) is 0 Å². The van der Waals surface area contributed by atoms with Crippen LogP contribution in [0.2, 0.25) is 0 Å². The Bertz CT molecular complexity index is 1940. The molecule has 0 fully saturated rings. The van der Waals surface area contributed by atoms with Gasteiger partial charge in [-0.2, -0.15) is 4.57 Å². The largest absolute Gasteiger partial charge is 0.456 e. The number of aliphatic imine (C=N–C) groups is 1. The maximum Gasteiger partial charge on any atom is 0.221 e. The molecule has 41 heavy (non-hydrogen) atoms. The Morgan fingerprint density at radius 3 is 2.71 bits per heavy atom. The summed E-state index contributed by atoms with van der Waals surface area (Å²) in [5.74, 6) is 0.313. The lowest BCUT2D eigenvalue weighted by Crippen LogP contribution is -2.39. The predicted octanol–water partition coefficient (Wildman–Crippen LogP) is 8.68. The number of furan rings is 1. The number of benzene rings is 3. The van der Waals surface area contributed by atoms with Gasteiger partial charge in [0.2, 0.25) is 5.69 Å². The van der Waals surface area contributed by atoms with Crippen molar-refractivity contribution in [3.05, 3.63) is 119 Å². The number of aromatic nitrogens is 1. The summed E-state index contributed by atoms with van der Waals surface area (Å²) in [6.07, 6.45) is 11.8. The molecule has 2 aliphatic heterocycles. The van der Waals surface area contributed by atoms with E-state index in [1.165, 1.54) is 68.3 Å². The van der Waals surface area contributed by atoms with Crippen LogP contribution in [0.1, 0.15) is 65.0 Å². The van der Waals surface area contributed by atoms with Crippen molar-refractivity contribution >= 4 is 33.3 Å². The second-order valence-corrected chi connectivity index (χ2v) is 12.1. The molecule has 3 aromatic carbocycles. The van der Waals surface area contributed by atoms with Crippen molar-refractivity contribution in [2.75, 3.05) is 0 Å². The van der Waals surface area contributed by atoms with Gasteiger partial charge in [-0.05, 0) is 98.6 Å². The first kappa shape index (κ1) is 24.5. The van der Waals surface area contributed by atoms with Gasteiger partial charge in [0, 0.05) is 33.9 Å². The van der Waals surface area contributed by atoms with Crippen molar-refractivity contribution in [3.8, 4) is 11.3 Å². The predicted molar refractivity (Wildman–Crippen MR) is 169 cm³/mol. The Labute approximate surface area is 241 Å². The maximum atomic E-state index is 6.48. The summed E-state index contributed by atoms with van der Waals surface area (Å²) >= 11 is 0. The molecule has 2 aromatic heterocycles. The van der Waals surface area contributed by atoms with Crippen LogP contribution in [0, 0.1) is 6.92 Å². The molecule has 3 aliphatic rings. The Morgan fingerprint density at radius 1 is 0.927 bits per heavy atom. The minimum Gasteiger partial charge on any atom is -0.456 e. The highest BCUT2D eigenvalue weighted by molar-refractivity contribution is 6.10. The first-order valence-electron chi connectivity index (χ1n) is 15.1. The summed E-state index contributed by atoms with van der Waals surface area (Å²) in [6.45, 7) is 11.0. The smallest absolute Gasteiger partial charge is 0.221 e. The maximum absolute atomic E-state index is 6.48. The van der Waals surface area contributed by atoms with Crippen molar-refractivity contribution in [2.24, 2.45) is 4.99 Å². The minimum absolute atomic E-state index is 0.126. The van der Waals surface area contributed by atoms with Gasteiger partial charge in [0.15, 0.2) is 11.9 Å². The average Bonchev–Trinajstić information content (AvgIpc) is 3.37. The third kappa shape index (κ3) is 3.79. The SMILES string of the molecule is C=CC1=NC2CC(=C)[n+]3ccc4c(c3-c3cc5c(cc3CCC2c2ccccc21)oc1cccc(C)c15)CCCC4. The van der Waals surface area contributed by atoms with E-state index >= 15 is 0 Å². The quantitative estimate of drug-likeness (QED) is 0.197. The zero-order valence-corrected chi connectivity index (χ0v) is 23.7. The van der Waals surface area contributed by atoms with Gasteiger partial charge < -0.3 is 4.42 Å². The molecule has 0 N–H and O–H groups in total. The van der Waals surface area contributed by atoms with Crippen molar-refractivity contribution in [1.82, 2.24) is 0 Å². The fraction of sp³-hybridized carbons (Fsp3) is 0.263. The molecule has 0 bridgehead atoms. The summed E-state index contributed by atoms with van der Waals surface area (Å²) in [6, 6.07) is 22.4. The van der Waals surface area contributed by atoms with Crippen LogP contribution < -0.4 is 4.57 Å². The summed E-state index contributed by atoms with van der Waals surface area (Å²) in [4.78, 5) is 5.30. The van der Waals surface area contributed by atoms with Crippen LogP contribution in [0.5, 0.6) is 0 Å². The van der Waals surface area contributed by atoms with E-state index in [2.05, 4.69) is 84.9 Å². The number of nitrogens with zero attached hydrogens (tertiary/aromatic N) is 2. The van der Waals surface area contributed by atoms with Crippen LogP contribution in [0.4, 0.5) is 0 Å². The highest BCUT2D eigenvalue weighted by Crippen LogP contribution is 2.43. The molecule has 2 atom stereocenters. The van der Waals surface area contributed by atoms with Crippen LogP contribution in [-0.2, 0) is 19.3 Å². The van der Waals surface area contributed by atoms with E-state index in [0.29, 0.717) is 5.92 Å². The fourth-order valence-electron chi connectivity index (χ4n) is 7.79. The lowest BCUT2D eigenvalue weighted by atomic mass is 9.77. The van der Waals surface area contributed by atoms with Gasteiger partial charge in [-0.1, -0.05) is 43.0 Å². The van der Waals surface area contributed by atoms with Crippen LogP contribution in [-0.4, -0.2) is 11.8 Å². The molecule has 3 heteroatoms. The number of rotatable bonds is 1. The topological polar surface area (TPSA) is 29.4 Å². The Morgan fingerprint density at radius 2 is 1.80 bits per heavy atom. The molecule has 0 saturated heterocycles.